The summed E-state index contributed by atoms with van der Waals surface area (Å²) in [5.41, 5.74) is 1.95. The third kappa shape index (κ3) is 4.31. The Balaban J connectivity index is 2.17. The molecule has 1 aliphatic heterocycles. The van der Waals surface area contributed by atoms with Crippen LogP contribution in [0.1, 0.15) is 47.1 Å². The van der Waals surface area contributed by atoms with Gasteiger partial charge in [-0.2, -0.15) is 0 Å². The number of piperazine rings is 1. The molecule has 0 aliphatic carbocycles. The molecule has 1 aromatic carbocycles. The molecule has 0 amide bonds. The van der Waals surface area contributed by atoms with Crippen molar-refractivity contribution in [1.29, 1.82) is 0 Å². The van der Waals surface area contributed by atoms with Gasteiger partial charge in [0.05, 0.1) is 0 Å². The Kier molecular flexibility index (Phi) is 4.79. The lowest BCUT2D eigenvalue weighted by Gasteiger charge is -2.51. The van der Waals surface area contributed by atoms with E-state index in [1.807, 2.05) is 0 Å². The van der Waals surface area contributed by atoms with Crippen LogP contribution in [-0.4, -0.2) is 46.6 Å². The molecule has 118 valence electrons. The fourth-order valence-corrected chi connectivity index (χ4v) is 3.41. The van der Waals surface area contributed by atoms with Crippen LogP contribution in [0.3, 0.4) is 0 Å². The summed E-state index contributed by atoms with van der Waals surface area (Å²) >= 11 is 0. The highest BCUT2D eigenvalue weighted by molar-refractivity contribution is 5.16. The van der Waals surface area contributed by atoms with Crippen molar-refractivity contribution in [3.05, 3.63) is 35.9 Å². The van der Waals surface area contributed by atoms with Crippen molar-refractivity contribution < 1.29 is 0 Å². The molecule has 1 fully saturated rings. The monoisotopic (exact) mass is 288 g/mol. The van der Waals surface area contributed by atoms with Gasteiger partial charge in [-0.15, -0.1) is 0 Å². The second-order valence-electron chi connectivity index (χ2n) is 8.32. The maximum absolute atomic E-state index is 2.70. The minimum absolute atomic E-state index is 0.240. The normalized spacial score (nSPS) is 22.5. The zero-order chi connectivity index (χ0) is 15.7. The molecule has 21 heavy (non-hydrogen) atoms. The van der Waals surface area contributed by atoms with E-state index >= 15 is 0 Å². The Hall–Kier alpha value is -0.860. The molecule has 1 saturated heterocycles. The van der Waals surface area contributed by atoms with Crippen LogP contribution in [0, 0.1) is 0 Å². The van der Waals surface area contributed by atoms with E-state index in [0.29, 0.717) is 6.04 Å². The zero-order valence-electron chi connectivity index (χ0n) is 14.7. The van der Waals surface area contributed by atoms with E-state index in [-0.39, 0.29) is 11.1 Å². The van der Waals surface area contributed by atoms with Crippen molar-refractivity contribution in [2.45, 2.75) is 65.1 Å². The Morgan fingerprint density at radius 3 is 2.05 bits per heavy atom. The highest BCUT2D eigenvalue weighted by atomic mass is 15.3. The molecule has 0 bridgehead atoms. The molecule has 2 nitrogen and oxygen atoms in total. The van der Waals surface area contributed by atoms with Crippen LogP contribution in [-0.2, 0) is 6.42 Å². The van der Waals surface area contributed by atoms with Crippen molar-refractivity contribution in [2.24, 2.45) is 0 Å². The number of rotatable bonds is 2. The van der Waals surface area contributed by atoms with Gasteiger partial charge in [0.15, 0.2) is 0 Å². The Morgan fingerprint density at radius 2 is 1.52 bits per heavy atom. The van der Waals surface area contributed by atoms with Crippen molar-refractivity contribution in [3.8, 4) is 0 Å². The molecule has 1 aliphatic rings. The van der Waals surface area contributed by atoms with E-state index in [1.165, 1.54) is 12.1 Å². The lowest BCUT2D eigenvalue weighted by Crippen LogP contribution is -2.63. The van der Waals surface area contributed by atoms with Crippen LogP contribution in [0.5, 0.6) is 0 Å². The molecule has 0 N–H and O–H groups in total. The highest BCUT2D eigenvalue weighted by Gasteiger charge is 2.36. The SMILES string of the molecule is CC(C)(C)N1CCN(C(C)(C)C)[C@@H](Cc2ccccc2)C1. The average molecular weight is 288 g/mol. The molecular weight excluding hydrogens is 256 g/mol. The fourth-order valence-electron chi connectivity index (χ4n) is 3.41. The third-order valence-corrected chi connectivity index (χ3v) is 4.61. The Morgan fingerprint density at radius 1 is 0.905 bits per heavy atom. The van der Waals surface area contributed by atoms with Crippen LogP contribution in [0.25, 0.3) is 0 Å². The predicted molar refractivity (Wildman–Crippen MR) is 91.7 cm³/mol. The molecule has 1 heterocycles. The summed E-state index contributed by atoms with van der Waals surface area (Å²) in [5.74, 6) is 0. The first-order chi connectivity index (χ1) is 9.68. The van der Waals surface area contributed by atoms with Gasteiger partial charge in [0.25, 0.3) is 0 Å². The van der Waals surface area contributed by atoms with Gasteiger partial charge in [-0.25, -0.2) is 0 Å². The molecular formula is C19H32N2. The quantitative estimate of drug-likeness (QED) is 0.816. The number of benzene rings is 1. The molecule has 1 atom stereocenters. The van der Waals surface area contributed by atoms with Gasteiger partial charge in [-0.05, 0) is 53.5 Å². The summed E-state index contributed by atoms with van der Waals surface area (Å²) in [6.45, 7) is 17.5. The van der Waals surface area contributed by atoms with E-state index in [1.54, 1.807) is 0 Å². The maximum atomic E-state index is 2.70. The smallest absolute Gasteiger partial charge is 0.0269 e. The molecule has 0 aromatic heterocycles. The topological polar surface area (TPSA) is 6.48 Å². The van der Waals surface area contributed by atoms with E-state index in [0.717, 1.165) is 19.5 Å². The predicted octanol–water partition coefficient (Wildman–Crippen LogP) is 3.81. The number of hydrogen-bond acceptors (Lipinski definition) is 2. The first-order valence-electron chi connectivity index (χ1n) is 8.23. The molecule has 1 aromatic rings. The van der Waals surface area contributed by atoms with Gasteiger partial charge in [-0.3, -0.25) is 9.80 Å². The summed E-state index contributed by atoms with van der Waals surface area (Å²) in [6.07, 6.45) is 1.14. The van der Waals surface area contributed by atoms with Crippen LogP contribution >= 0.6 is 0 Å². The average Bonchev–Trinajstić information content (AvgIpc) is 2.37. The van der Waals surface area contributed by atoms with Gasteiger partial charge in [0.2, 0.25) is 0 Å². The summed E-state index contributed by atoms with van der Waals surface area (Å²) < 4.78 is 0. The van der Waals surface area contributed by atoms with Crippen molar-refractivity contribution in [1.82, 2.24) is 9.80 Å². The van der Waals surface area contributed by atoms with Crippen LogP contribution in [0.4, 0.5) is 0 Å². The second kappa shape index (κ2) is 6.10. The van der Waals surface area contributed by atoms with E-state index in [4.69, 9.17) is 0 Å². The van der Waals surface area contributed by atoms with Gasteiger partial charge >= 0.3 is 0 Å². The summed E-state index contributed by atoms with van der Waals surface area (Å²) in [4.78, 5) is 5.34. The van der Waals surface area contributed by atoms with Gasteiger partial charge in [0, 0.05) is 36.8 Å². The van der Waals surface area contributed by atoms with E-state index in [2.05, 4.69) is 81.7 Å². The van der Waals surface area contributed by atoms with E-state index < -0.39 is 0 Å². The first kappa shape index (κ1) is 16.5. The van der Waals surface area contributed by atoms with E-state index in [9.17, 15) is 0 Å². The van der Waals surface area contributed by atoms with Crippen LogP contribution in [0.15, 0.2) is 30.3 Å². The standard InChI is InChI=1S/C19H32N2/c1-18(2,3)20-12-13-21(19(4,5)6)17(15-20)14-16-10-8-7-9-11-16/h7-11,17H,12-15H2,1-6H3/t17-/m0/s1. The van der Waals surface area contributed by atoms with Crippen LogP contribution < -0.4 is 0 Å². The molecule has 2 rings (SSSR count). The molecule has 0 spiro atoms. The van der Waals surface area contributed by atoms with Gasteiger partial charge < -0.3 is 0 Å². The summed E-state index contributed by atoms with van der Waals surface area (Å²) in [6, 6.07) is 11.5. The van der Waals surface area contributed by atoms with Gasteiger partial charge in [-0.1, -0.05) is 30.3 Å². The molecule has 0 radical (unpaired) electrons. The summed E-state index contributed by atoms with van der Waals surface area (Å²) in [7, 11) is 0. The van der Waals surface area contributed by atoms with Crippen molar-refractivity contribution >= 4 is 0 Å². The third-order valence-electron chi connectivity index (χ3n) is 4.61. The van der Waals surface area contributed by atoms with Crippen molar-refractivity contribution in [2.75, 3.05) is 19.6 Å². The molecule has 0 unspecified atom stereocenters. The van der Waals surface area contributed by atoms with Crippen molar-refractivity contribution in [3.63, 3.8) is 0 Å². The maximum Gasteiger partial charge on any atom is 0.0269 e. The van der Waals surface area contributed by atoms with Gasteiger partial charge in [0.1, 0.15) is 0 Å². The minimum Gasteiger partial charge on any atom is -0.296 e. The lowest BCUT2D eigenvalue weighted by molar-refractivity contribution is -0.0217. The molecule has 2 heteroatoms. The lowest BCUT2D eigenvalue weighted by atomic mass is 9.93. The Labute approximate surface area is 131 Å². The highest BCUT2D eigenvalue weighted by Crippen LogP contribution is 2.27. The second-order valence-corrected chi connectivity index (χ2v) is 8.32. The molecule has 0 saturated carbocycles. The summed E-state index contributed by atoms with van der Waals surface area (Å²) in [5, 5.41) is 0. The largest absolute Gasteiger partial charge is 0.296 e. The first-order valence-corrected chi connectivity index (χ1v) is 8.23. The zero-order valence-corrected chi connectivity index (χ0v) is 14.7. The fraction of sp³-hybridized carbons (Fsp3) is 0.684. The number of hydrogen-bond donors (Lipinski definition) is 0. The Bertz CT molecular complexity index is 439. The minimum atomic E-state index is 0.240. The van der Waals surface area contributed by atoms with Crippen LogP contribution in [0.2, 0.25) is 0 Å². The number of nitrogens with zero attached hydrogens (tertiary/aromatic N) is 2.